The average Bonchev–Trinajstić information content (AvgIpc) is 2.22. The molecule has 0 spiro atoms. The molecule has 17 heavy (non-hydrogen) atoms. The fourth-order valence-corrected chi connectivity index (χ4v) is 2.97. The molecule has 102 valence electrons. The lowest BCUT2D eigenvalue weighted by Gasteiger charge is -2.43. The highest BCUT2D eigenvalue weighted by Crippen LogP contribution is 2.33. The molecule has 1 rings (SSSR count). The summed E-state index contributed by atoms with van der Waals surface area (Å²) in [4.78, 5) is 2.25. The summed E-state index contributed by atoms with van der Waals surface area (Å²) >= 11 is 0. The summed E-state index contributed by atoms with van der Waals surface area (Å²) in [6, 6.07) is 0.311. The molecule has 4 unspecified atom stereocenters. The second-order valence-corrected chi connectivity index (χ2v) is 6.73. The van der Waals surface area contributed by atoms with Crippen LogP contribution in [0.1, 0.15) is 40.5 Å². The van der Waals surface area contributed by atoms with Gasteiger partial charge in [0.2, 0.25) is 0 Å². The van der Waals surface area contributed by atoms with E-state index in [2.05, 4.69) is 39.6 Å². The van der Waals surface area contributed by atoms with Crippen LogP contribution in [0.15, 0.2) is 0 Å². The van der Waals surface area contributed by atoms with E-state index in [0.717, 1.165) is 18.9 Å². The predicted molar refractivity (Wildman–Crippen MR) is 72.8 cm³/mol. The number of aliphatic hydroxyl groups excluding tert-OH is 1. The van der Waals surface area contributed by atoms with Gasteiger partial charge in [-0.15, -0.1) is 0 Å². The molecule has 0 aromatic heterocycles. The summed E-state index contributed by atoms with van der Waals surface area (Å²) in [5, 5.41) is 9.39. The van der Waals surface area contributed by atoms with Crippen molar-refractivity contribution in [3.8, 4) is 0 Å². The van der Waals surface area contributed by atoms with Gasteiger partial charge >= 0.3 is 0 Å². The molecule has 0 aromatic carbocycles. The molecule has 0 heterocycles. The molecule has 3 nitrogen and oxygen atoms in total. The highest BCUT2D eigenvalue weighted by atomic mass is 16.3. The minimum Gasteiger partial charge on any atom is -0.394 e. The number of nitrogens with zero attached hydrogens (tertiary/aromatic N) is 1. The molecule has 4 atom stereocenters. The number of rotatable bonds is 4. The summed E-state index contributed by atoms with van der Waals surface area (Å²) in [7, 11) is 2.09. The van der Waals surface area contributed by atoms with Crippen molar-refractivity contribution in [1.29, 1.82) is 0 Å². The fraction of sp³-hybridized carbons (Fsp3) is 1.00. The molecule has 0 bridgehead atoms. The Kier molecular flexibility index (Phi) is 4.99. The topological polar surface area (TPSA) is 49.5 Å². The lowest BCUT2D eigenvalue weighted by Crippen LogP contribution is -2.52. The van der Waals surface area contributed by atoms with E-state index in [9.17, 15) is 5.11 Å². The Bertz CT molecular complexity index is 230. The van der Waals surface area contributed by atoms with Crippen LogP contribution in [0.5, 0.6) is 0 Å². The number of aliphatic hydroxyl groups is 1. The zero-order chi connectivity index (χ0) is 13.2. The van der Waals surface area contributed by atoms with Crippen LogP contribution in [0.4, 0.5) is 0 Å². The van der Waals surface area contributed by atoms with E-state index in [1.54, 1.807) is 0 Å². The third-order valence-electron chi connectivity index (χ3n) is 4.63. The minimum atomic E-state index is -0.150. The van der Waals surface area contributed by atoms with Gasteiger partial charge in [0.15, 0.2) is 0 Å². The maximum atomic E-state index is 9.39. The molecule has 0 saturated heterocycles. The second kappa shape index (κ2) is 5.68. The third-order valence-corrected chi connectivity index (χ3v) is 4.63. The van der Waals surface area contributed by atoms with Crippen molar-refractivity contribution in [1.82, 2.24) is 4.90 Å². The van der Waals surface area contributed by atoms with Crippen LogP contribution in [0.2, 0.25) is 0 Å². The smallest absolute Gasteiger partial charge is 0.0609 e. The Balaban J connectivity index is 2.61. The molecule has 3 heteroatoms. The minimum absolute atomic E-state index is 0.150. The zero-order valence-corrected chi connectivity index (χ0v) is 12.1. The van der Waals surface area contributed by atoms with E-state index in [1.165, 1.54) is 6.42 Å². The molecular weight excluding hydrogens is 212 g/mol. The Labute approximate surface area is 106 Å². The van der Waals surface area contributed by atoms with Crippen molar-refractivity contribution in [2.24, 2.45) is 23.5 Å². The molecule has 1 saturated carbocycles. The van der Waals surface area contributed by atoms with Gasteiger partial charge in [0.1, 0.15) is 0 Å². The Morgan fingerprint density at radius 3 is 2.35 bits per heavy atom. The van der Waals surface area contributed by atoms with Crippen LogP contribution in [0, 0.1) is 17.8 Å². The molecule has 0 radical (unpaired) electrons. The molecule has 0 aliphatic heterocycles. The van der Waals surface area contributed by atoms with Crippen LogP contribution < -0.4 is 5.73 Å². The Morgan fingerprint density at radius 1 is 1.29 bits per heavy atom. The molecule has 1 aliphatic carbocycles. The van der Waals surface area contributed by atoms with Crippen LogP contribution in [0.3, 0.4) is 0 Å². The van der Waals surface area contributed by atoms with Gasteiger partial charge in [-0.05, 0) is 51.5 Å². The van der Waals surface area contributed by atoms with Gasteiger partial charge in [-0.25, -0.2) is 0 Å². The number of nitrogens with two attached hydrogens (primary N) is 1. The molecule has 3 N–H and O–H groups in total. The molecule has 1 fully saturated rings. The normalized spacial score (nSPS) is 35.3. The van der Waals surface area contributed by atoms with Crippen LogP contribution in [-0.4, -0.2) is 41.8 Å². The molecule has 0 aromatic rings. The van der Waals surface area contributed by atoms with E-state index in [0.29, 0.717) is 17.9 Å². The maximum absolute atomic E-state index is 9.39. The lowest BCUT2D eigenvalue weighted by molar-refractivity contribution is 0.0401. The van der Waals surface area contributed by atoms with Crippen molar-refractivity contribution in [3.63, 3.8) is 0 Å². The van der Waals surface area contributed by atoms with E-state index in [-0.39, 0.29) is 12.1 Å². The SMILES string of the molecule is CC1CC(C)C(CN(C)C(C)(C)CO)C(N)C1. The van der Waals surface area contributed by atoms with Gasteiger partial charge in [-0.2, -0.15) is 0 Å². The van der Waals surface area contributed by atoms with Crippen molar-refractivity contribution >= 4 is 0 Å². The van der Waals surface area contributed by atoms with Crippen molar-refractivity contribution in [2.75, 3.05) is 20.2 Å². The van der Waals surface area contributed by atoms with Gasteiger partial charge in [-0.1, -0.05) is 13.8 Å². The van der Waals surface area contributed by atoms with Gasteiger partial charge in [-0.3, -0.25) is 4.90 Å². The quantitative estimate of drug-likeness (QED) is 0.789. The van der Waals surface area contributed by atoms with Gasteiger partial charge < -0.3 is 10.8 Å². The monoisotopic (exact) mass is 242 g/mol. The van der Waals surface area contributed by atoms with Gasteiger partial charge in [0.25, 0.3) is 0 Å². The molecule has 1 aliphatic rings. The van der Waals surface area contributed by atoms with E-state index in [4.69, 9.17) is 5.73 Å². The average molecular weight is 242 g/mol. The summed E-state index contributed by atoms with van der Waals surface area (Å²) in [6.45, 7) is 9.95. The Morgan fingerprint density at radius 2 is 1.88 bits per heavy atom. The molecular formula is C14H30N2O. The van der Waals surface area contributed by atoms with Crippen LogP contribution in [-0.2, 0) is 0 Å². The first-order valence-corrected chi connectivity index (χ1v) is 6.85. The van der Waals surface area contributed by atoms with E-state index in [1.807, 2.05) is 0 Å². The van der Waals surface area contributed by atoms with Gasteiger partial charge in [0, 0.05) is 18.1 Å². The lowest BCUT2D eigenvalue weighted by atomic mass is 9.72. The summed E-state index contributed by atoms with van der Waals surface area (Å²) in [5.74, 6) is 2.00. The summed E-state index contributed by atoms with van der Waals surface area (Å²) in [5.41, 5.74) is 6.15. The Hall–Kier alpha value is -0.120. The first-order valence-electron chi connectivity index (χ1n) is 6.85. The largest absolute Gasteiger partial charge is 0.394 e. The number of hydrogen-bond donors (Lipinski definition) is 2. The summed E-state index contributed by atoms with van der Waals surface area (Å²) in [6.07, 6.45) is 2.42. The summed E-state index contributed by atoms with van der Waals surface area (Å²) < 4.78 is 0. The van der Waals surface area contributed by atoms with Gasteiger partial charge in [0.05, 0.1) is 6.61 Å². The highest BCUT2D eigenvalue weighted by molar-refractivity contribution is 4.89. The first kappa shape index (κ1) is 14.9. The third kappa shape index (κ3) is 3.67. The zero-order valence-electron chi connectivity index (χ0n) is 12.1. The number of hydrogen-bond acceptors (Lipinski definition) is 3. The fourth-order valence-electron chi connectivity index (χ4n) is 2.97. The predicted octanol–water partition coefficient (Wildman–Crippen LogP) is 1.70. The number of likely N-dealkylation sites (N-methyl/N-ethyl adjacent to an activating group) is 1. The van der Waals surface area contributed by atoms with Crippen molar-refractivity contribution < 1.29 is 5.11 Å². The van der Waals surface area contributed by atoms with Crippen LogP contribution >= 0.6 is 0 Å². The van der Waals surface area contributed by atoms with E-state index < -0.39 is 0 Å². The van der Waals surface area contributed by atoms with Crippen LogP contribution in [0.25, 0.3) is 0 Å². The van der Waals surface area contributed by atoms with Crippen molar-refractivity contribution in [2.45, 2.75) is 52.1 Å². The highest BCUT2D eigenvalue weighted by Gasteiger charge is 2.34. The second-order valence-electron chi connectivity index (χ2n) is 6.73. The first-order chi connectivity index (χ1) is 7.77. The van der Waals surface area contributed by atoms with Crippen molar-refractivity contribution in [3.05, 3.63) is 0 Å². The molecule has 0 amide bonds. The standard InChI is InChI=1S/C14H30N2O/c1-10-6-11(2)12(13(15)7-10)8-16(5)14(3,4)9-17/h10-13,17H,6-9,15H2,1-5H3. The maximum Gasteiger partial charge on any atom is 0.0609 e. The van der Waals surface area contributed by atoms with E-state index >= 15 is 0 Å².